The topological polar surface area (TPSA) is 60.4 Å². The fourth-order valence-corrected chi connectivity index (χ4v) is 2.80. The van der Waals surface area contributed by atoms with Crippen LogP contribution in [0.3, 0.4) is 0 Å². The summed E-state index contributed by atoms with van der Waals surface area (Å²) in [5, 5.41) is 16.4. The fourth-order valence-electron chi connectivity index (χ4n) is 2.30. The van der Waals surface area contributed by atoms with E-state index in [4.69, 9.17) is 23.2 Å². The maximum absolute atomic E-state index is 11.2. The third-order valence-electron chi connectivity index (χ3n) is 3.19. The number of fused-ring (bicyclic) bond motifs is 1. The molecule has 0 unspecified atom stereocenters. The minimum absolute atomic E-state index is 0.00179. The molecule has 2 heterocycles. The Morgan fingerprint density at radius 2 is 2.00 bits per heavy atom. The van der Waals surface area contributed by atoms with E-state index in [0.29, 0.717) is 32.5 Å². The highest BCUT2D eigenvalue weighted by Gasteiger charge is 2.22. The Bertz CT molecular complexity index is 874. The van der Waals surface area contributed by atoms with Crippen LogP contribution in [0.25, 0.3) is 16.8 Å². The van der Waals surface area contributed by atoms with Crippen molar-refractivity contribution in [1.82, 2.24) is 9.61 Å². The number of benzene rings is 1. The second-order valence-electron chi connectivity index (χ2n) is 4.52. The van der Waals surface area contributed by atoms with Crippen LogP contribution in [0.15, 0.2) is 36.4 Å². The van der Waals surface area contributed by atoms with Gasteiger partial charge in [-0.15, -0.1) is 0 Å². The van der Waals surface area contributed by atoms with Gasteiger partial charge in [-0.25, -0.2) is 4.52 Å². The van der Waals surface area contributed by atoms with Crippen LogP contribution < -0.4 is 0 Å². The van der Waals surface area contributed by atoms with E-state index in [1.807, 2.05) is 0 Å². The molecule has 2 aromatic heterocycles. The molecule has 5 nitrogen and oxygen atoms in total. The van der Waals surface area contributed by atoms with Gasteiger partial charge in [0, 0.05) is 10.6 Å². The highest BCUT2D eigenvalue weighted by molar-refractivity contribution is 6.36. The van der Waals surface area contributed by atoms with Gasteiger partial charge in [0.05, 0.1) is 15.6 Å². The highest BCUT2D eigenvalue weighted by Crippen LogP contribution is 2.33. The molecule has 0 atom stereocenters. The fraction of sp³-hybridized carbons (Fsp3) is 0.0714. The molecular weight excluding hydrogens is 313 g/mol. The second kappa shape index (κ2) is 5.02. The molecule has 106 valence electrons. The van der Waals surface area contributed by atoms with Crippen LogP contribution in [0.1, 0.15) is 5.69 Å². The summed E-state index contributed by atoms with van der Waals surface area (Å²) in [5.41, 5.74) is 2.18. The molecule has 0 radical (unpaired) electrons. The van der Waals surface area contributed by atoms with Gasteiger partial charge < -0.3 is 0 Å². The Labute approximate surface area is 129 Å². The molecule has 0 spiro atoms. The van der Waals surface area contributed by atoms with Crippen molar-refractivity contribution in [3.05, 3.63) is 62.3 Å². The van der Waals surface area contributed by atoms with E-state index in [-0.39, 0.29) is 5.69 Å². The van der Waals surface area contributed by atoms with E-state index in [1.165, 1.54) is 4.52 Å². The molecule has 3 aromatic rings. The summed E-state index contributed by atoms with van der Waals surface area (Å²) >= 11 is 12.1. The third-order valence-corrected chi connectivity index (χ3v) is 3.74. The lowest BCUT2D eigenvalue weighted by Crippen LogP contribution is -1.94. The van der Waals surface area contributed by atoms with E-state index in [0.717, 1.165) is 0 Å². The number of aromatic nitrogens is 2. The second-order valence-corrected chi connectivity index (χ2v) is 5.37. The van der Waals surface area contributed by atoms with Crippen LogP contribution in [0, 0.1) is 17.0 Å². The number of hydrogen-bond donors (Lipinski definition) is 0. The zero-order chi connectivity index (χ0) is 15.1. The molecule has 0 aliphatic rings. The molecule has 0 fully saturated rings. The number of nitrogens with zero attached hydrogens (tertiary/aromatic N) is 3. The zero-order valence-electron chi connectivity index (χ0n) is 10.9. The number of rotatable bonds is 2. The van der Waals surface area contributed by atoms with Crippen molar-refractivity contribution in [3.63, 3.8) is 0 Å². The molecule has 0 aliphatic carbocycles. The molecule has 7 heteroatoms. The van der Waals surface area contributed by atoms with Gasteiger partial charge in [-0.3, -0.25) is 10.1 Å². The van der Waals surface area contributed by atoms with Gasteiger partial charge in [0.25, 0.3) is 0 Å². The molecule has 0 N–H and O–H groups in total. The molecule has 1 aromatic carbocycles. The summed E-state index contributed by atoms with van der Waals surface area (Å²) in [6.07, 6.45) is 0. The summed E-state index contributed by atoms with van der Waals surface area (Å²) in [7, 11) is 0. The maximum atomic E-state index is 11.2. The quantitative estimate of drug-likeness (QED) is 0.514. The van der Waals surface area contributed by atoms with Crippen molar-refractivity contribution in [2.45, 2.75) is 6.92 Å². The van der Waals surface area contributed by atoms with Crippen LogP contribution in [-0.2, 0) is 0 Å². The Morgan fingerprint density at radius 1 is 1.24 bits per heavy atom. The van der Waals surface area contributed by atoms with Gasteiger partial charge in [-0.2, -0.15) is 5.10 Å². The number of hydrogen-bond acceptors (Lipinski definition) is 3. The Balaban J connectivity index is 2.34. The standard InChI is InChI=1S/C14H9Cl2N3O2/c1-8-14(19(20)21)13-4-2-3-12(18(13)17-8)10-6-5-9(15)7-11(10)16/h2-7H,1H3. The predicted molar refractivity (Wildman–Crippen MR) is 82.0 cm³/mol. The zero-order valence-corrected chi connectivity index (χ0v) is 12.4. The molecule has 3 rings (SSSR count). The number of pyridine rings is 1. The van der Waals surface area contributed by atoms with Crippen molar-refractivity contribution >= 4 is 34.4 Å². The lowest BCUT2D eigenvalue weighted by Gasteiger charge is -2.07. The summed E-state index contributed by atoms with van der Waals surface area (Å²) in [5.74, 6) is 0. The van der Waals surface area contributed by atoms with E-state index in [9.17, 15) is 10.1 Å². The van der Waals surface area contributed by atoms with Crippen LogP contribution in [0.5, 0.6) is 0 Å². The summed E-state index contributed by atoms with van der Waals surface area (Å²) in [6.45, 7) is 1.61. The third kappa shape index (κ3) is 2.24. The largest absolute Gasteiger partial charge is 0.317 e. The van der Waals surface area contributed by atoms with Crippen molar-refractivity contribution in [2.75, 3.05) is 0 Å². The molecule has 0 saturated carbocycles. The van der Waals surface area contributed by atoms with Crippen LogP contribution in [0.2, 0.25) is 10.0 Å². The smallest absolute Gasteiger partial charge is 0.258 e. The number of nitro groups is 1. The first kappa shape index (κ1) is 13.9. The average Bonchev–Trinajstić information content (AvgIpc) is 2.75. The monoisotopic (exact) mass is 321 g/mol. The van der Waals surface area contributed by atoms with Gasteiger partial charge in [-0.05, 0) is 37.3 Å². The normalized spacial score (nSPS) is 11.0. The molecule has 21 heavy (non-hydrogen) atoms. The number of halogens is 2. The van der Waals surface area contributed by atoms with E-state index in [1.54, 1.807) is 43.3 Å². The Morgan fingerprint density at radius 3 is 2.67 bits per heavy atom. The van der Waals surface area contributed by atoms with Gasteiger partial charge in [-0.1, -0.05) is 29.3 Å². The van der Waals surface area contributed by atoms with Crippen molar-refractivity contribution in [2.24, 2.45) is 0 Å². The van der Waals surface area contributed by atoms with E-state index >= 15 is 0 Å². The minimum atomic E-state index is -0.426. The molecule has 0 amide bonds. The van der Waals surface area contributed by atoms with Crippen LogP contribution in [-0.4, -0.2) is 14.5 Å². The van der Waals surface area contributed by atoms with Gasteiger partial charge in [0.1, 0.15) is 11.2 Å². The Kier molecular flexibility index (Phi) is 3.31. The first-order valence-electron chi connectivity index (χ1n) is 6.07. The minimum Gasteiger partial charge on any atom is -0.258 e. The summed E-state index contributed by atoms with van der Waals surface area (Å²) < 4.78 is 1.53. The maximum Gasteiger partial charge on any atom is 0.317 e. The molecule has 0 bridgehead atoms. The summed E-state index contributed by atoms with van der Waals surface area (Å²) in [6, 6.07) is 10.3. The first-order chi connectivity index (χ1) is 9.99. The van der Waals surface area contributed by atoms with Crippen molar-refractivity contribution < 1.29 is 4.92 Å². The van der Waals surface area contributed by atoms with Gasteiger partial charge >= 0.3 is 5.69 Å². The van der Waals surface area contributed by atoms with Gasteiger partial charge in [0.2, 0.25) is 0 Å². The average molecular weight is 322 g/mol. The first-order valence-corrected chi connectivity index (χ1v) is 6.83. The van der Waals surface area contributed by atoms with Crippen LogP contribution >= 0.6 is 23.2 Å². The highest BCUT2D eigenvalue weighted by atomic mass is 35.5. The molecule has 0 saturated heterocycles. The lowest BCUT2D eigenvalue weighted by atomic mass is 10.1. The molecule has 0 aliphatic heterocycles. The van der Waals surface area contributed by atoms with E-state index in [2.05, 4.69) is 5.10 Å². The van der Waals surface area contributed by atoms with Crippen LogP contribution in [0.4, 0.5) is 5.69 Å². The van der Waals surface area contributed by atoms with Gasteiger partial charge in [0.15, 0.2) is 0 Å². The molecular formula is C14H9Cl2N3O2. The van der Waals surface area contributed by atoms with E-state index < -0.39 is 4.92 Å². The SMILES string of the molecule is Cc1nn2c(-c3ccc(Cl)cc3Cl)cccc2c1[N+](=O)[O-]. The van der Waals surface area contributed by atoms with Crippen molar-refractivity contribution in [1.29, 1.82) is 0 Å². The predicted octanol–water partition coefficient (Wildman–Crippen LogP) is 4.52. The summed E-state index contributed by atoms with van der Waals surface area (Å²) in [4.78, 5) is 10.7. The van der Waals surface area contributed by atoms with Crippen molar-refractivity contribution in [3.8, 4) is 11.3 Å². The lowest BCUT2D eigenvalue weighted by molar-refractivity contribution is -0.383. The number of aryl methyl sites for hydroxylation is 1. The Hall–Kier alpha value is -2.11.